The molecule has 0 aliphatic heterocycles. The SMILES string of the molecule is CCCCCCCCCCC/C=C/[C@@H](O)[C@H](COP(=O)(O)O)NC(=O)CCCCCCCCCCCCCCCCCCCCCCCCCCCCCCC. The smallest absolute Gasteiger partial charge is 0.387 e. The Morgan fingerprint density at radius 2 is 0.786 bits per heavy atom. The monoisotopic (exact) mass is 814 g/mol. The number of hydrogen-bond acceptors (Lipinski definition) is 4. The van der Waals surface area contributed by atoms with Crippen LogP contribution in [0.3, 0.4) is 0 Å². The van der Waals surface area contributed by atoms with E-state index >= 15 is 0 Å². The molecule has 0 unspecified atom stereocenters. The van der Waals surface area contributed by atoms with E-state index in [0.717, 1.165) is 38.5 Å². The van der Waals surface area contributed by atoms with Crippen LogP contribution in [0.4, 0.5) is 0 Å². The molecule has 0 aliphatic rings. The molecule has 8 heteroatoms. The van der Waals surface area contributed by atoms with E-state index in [-0.39, 0.29) is 5.91 Å². The van der Waals surface area contributed by atoms with Crippen LogP contribution in [0.1, 0.15) is 271 Å². The molecule has 7 nitrogen and oxygen atoms in total. The Morgan fingerprint density at radius 3 is 1.09 bits per heavy atom. The van der Waals surface area contributed by atoms with Crippen LogP contribution in [0.25, 0.3) is 0 Å². The molecule has 0 spiro atoms. The van der Waals surface area contributed by atoms with Crippen LogP contribution >= 0.6 is 7.82 Å². The second kappa shape index (κ2) is 43.8. The van der Waals surface area contributed by atoms with E-state index in [2.05, 4.69) is 23.7 Å². The standard InChI is InChI=1S/C48H96NO6P/c1-3-5-7-9-11-13-15-16-17-18-19-20-21-22-23-24-25-26-27-28-29-30-31-32-34-36-38-40-42-44-48(51)49-46(45-55-56(52,53)54)47(50)43-41-39-37-35-33-14-12-10-8-6-4-2/h41,43,46-47,50H,3-40,42,44-45H2,1-2H3,(H,49,51)(H2,52,53,54)/b43-41+/t46-,47+/m0/s1. The quantitative estimate of drug-likeness (QED) is 0.0276. The number of rotatable bonds is 46. The van der Waals surface area contributed by atoms with Gasteiger partial charge in [-0.25, -0.2) is 4.57 Å². The minimum atomic E-state index is -4.71. The third-order valence-electron chi connectivity index (χ3n) is 11.5. The summed E-state index contributed by atoms with van der Waals surface area (Å²) in [4.78, 5) is 30.9. The molecule has 0 aliphatic carbocycles. The molecule has 0 bridgehead atoms. The van der Waals surface area contributed by atoms with Gasteiger partial charge in [-0.2, -0.15) is 0 Å². The average molecular weight is 814 g/mol. The summed E-state index contributed by atoms with van der Waals surface area (Å²) in [5.74, 6) is -0.222. The van der Waals surface area contributed by atoms with E-state index in [1.54, 1.807) is 6.08 Å². The van der Waals surface area contributed by atoms with Gasteiger partial charge in [-0.15, -0.1) is 0 Å². The maximum atomic E-state index is 12.6. The molecule has 0 radical (unpaired) electrons. The summed E-state index contributed by atoms with van der Waals surface area (Å²) >= 11 is 0. The van der Waals surface area contributed by atoms with Gasteiger partial charge < -0.3 is 20.2 Å². The van der Waals surface area contributed by atoms with Gasteiger partial charge in [-0.3, -0.25) is 9.32 Å². The highest BCUT2D eigenvalue weighted by atomic mass is 31.2. The Morgan fingerprint density at radius 1 is 0.500 bits per heavy atom. The van der Waals surface area contributed by atoms with Crippen molar-refractivity contribution in [2.75, 3.05) is 6.61 Å². The molecule has 0 saturated carbocycles. The minimum Gasteiger partial charge on any atom is -0.387 e. The average Bonchev–Trinajstić information content (AvgIpc) is 3.17. The summed E-state index contributed by atoms with van der Waals surface area (Å²) < 4.78 is 15.9. The fraction of sp³-hybridized carbons (Fsp3) is 0.938. The second-order valence-electron chi connectivity index (χ2n) is 17.1. The summed E-state index contributed by atoms with van der Waals surface area (Å²) in [6.45, 7) is 4.08. The van der Waals surface area contributed by atoms with E-state index in [1.165, 1.54) is 212 Å². The first-order valence-electron chi connectivity index (χ1n) is 24.6. The van der Waals surface area contributed by atoms with Crippen LogP contribution in [0.15, 0.2) is 12.2 Å². The topological polar surface area (TPSA) is 116 Å². The Balaban J connectivity index is 3.67. The second-order valence-corrected chi connectivity index (χ2v) is 18.4. The first-order chi connectivity index (χ1) is 27.3. The van der Waals surface area contributed by atoms with Crippen LogP contribution in [0, 0.1) is 0 Å². The minimum absolute atomic E-state index is 0.222. The molecule has 334 valence electrons. The zero-order chi connectivity index (χ0) is 41.1. The third kappa shape index (κ3) is 44.4. The van der Waals surface area contributed by atoms with Gasteiger partial charge in [0.15, 0.2) is 0 Å². The zero-order valence-corrected chi connectivity index (χ0v) is 38.2. The summed E-state index contributed by atoms with van der Waals surface area (Å²) in [7, 11) is -4.71. The van der Waals surface area contributed by atoms with Crippen molar-refractivity contribution in [1.29, 1.82) is 0 Å². The number of amides is 1. The molecule has 1 amide bonds. The Kier molecular flexibility index (Phi) is 43.3. The van der Waals surface area contributed by atoms with E-state index < -0.39 is 26.6 Å². The summed E-state index contributed by atoms with van der Waals surface area (Å²) in [5, 5.41) is 13.4. The van der Waals surface area contributed by atoms with Gasteiger partial charge in [0.2, 0.25) is 5.91 Å². The fourth-order valence-corrected chi connectivity index (χ4v) is 8.11. The number of unbranched alkanes of at least 4 members (excludes halogenated alkanes) is 37. The molecular formula is C48H96NO6P. The van der Waals surface area contributed by atoms with Crippen LogP contribution < -0.4 is 5.32 Å². The Bertz CT molecular complexity index is 880. The molecule has 0 fully saturated rings. The van der Waals surface area contributed by atoms with E-state index in [0.29, 0.717) is 6.42 Å². The Labute approximate surface area is 348 Å². The highest BCUT2D eigenvalue weighted by Crippen LogP contribution is 2.36. The maximum Gasteiger partial charge on any atom is 0.469 e. The van der Waals surface area contributed by atoms with Crippen molar-refractivity contribution in [3.63, 3.8) is 0 Å². The van der Waals surface area contributed by atoms with Crippen molar-refractivity contribution < 1.29 is 28.8 Å². The number of allylic oxidation sites excluding steroid dienone is 1. The first-order valence-corrected chi connectivity index (χ1v) is 26.2. The molecule has 0 rings (SSSR count). The van der Waals surface area contributed by atoms with E-state index in [1.807, 2.05) is 6.08 Å². The fourth-order valence-electron chi connectivity index (χ4n) is 7.76. The molecular weight excluding hydrogens is 718 g/mol. The number of carbonyl (C=O) groups excluding carboxylic acids is 1. The number of phosphoric ester groups is 1. The summed E-state index contributed by atoms with van der Waals surface area (Å²) in [5.41, 5.74) is 0. The molecule has 0 aromatic carbocycles. The van der Waals surface area contributed by atoms with Gasteiger partial charge in [-0.1, -0.05) is 257 Å². The van der Waals surface area contributed by atoms with Crippen LogP contribution in [-0.4, -0.2) is 39.6 Å². The van der Waals surface area contributed by atoms with Gasteiger partial charge >= 0.3 is 7.82 Å². The normalized spacial score (nSPS) is 13.2. The maximum absolute atomic E-state index is 12.6. The molecule has 56 heavy (non-hydrogen) atoms. The molecule has 4 N–H and O–H groups in total. The lowest BCUT2D eigenvalue weighted by molar-refractivity contribution is -0.123. The summed E-state index contributed by atoms with van der Waals surface area (Å²) in [6, 6.07) is -0.904. The predicted octanol–water partition coefficient (Wildman–Crippen LogP) is 15.1. The molecule has 0 saturated heterocycles. The third-order valence-corrected chi connectivity index (χ3v) is 12.0. The van der Waals surface area contributed by atoms with Crippen molar-refractivity contribution >= 4 is 13.7 Å². The first kappa shape index (κ1) is 55.3. The number of aliphatic hydroxyl groups excluding tert-OH is 1. The van der Waals surface area contributed by atoms with Crippen LogP contribution in [-0.2, 0) is 13.9 Å². The van der Waals surface area contributed by atoms with E-state index in [9.17, 15) is 14.5 Å². The van der Waals surface area contributed by atoms with Crippen molar-refractivity contribution in [2.45, 2.75) is 283 Å². The molecule has 2 atom stereocenters. The molecule has 0 aromatic heterocycles. The lowest BCUT2D eigenvalue weighted by Crippen LogP contribution is -2.45. The van der Waals surface area contributed by atoms with Crippen LogP contribution in [0.5, 0.6) is 0 Å². The van der Waals surface area contributed by atoms with Gasteiger partial charge in [0, 0.05) is 6.42 Å². The zero-order valence-electron chi connectivity index (χ0n) is 37.3. The predicted molar refractivity (Wildman–Crippen MR) is 241 cm³/mol. The number of nitrogens with one attached hydrogen (secondary N) is 1. The van der Waals surface area contributed by atoms with Crippen molar-refractivity contribution in [3.8, 4) is 0 Å². The number of phosphoric acid groups is 1. The lowest BCUT2D eigenvalue weighted by Gasteiger charge is -2.22. The number of carbonyl (C=O) groups is 1. The highest BCUT2D eigenvalue weighted by molar-refractivity contribution is 7.46. The summed E-state index contributed by atoms with van der Waals surface area (Å²) in [6.07, 6.45) is 54.2. The van der Waals surface area contributed by atoms with Gasteiger partial charge in [-0.05, 0) is 19.3 Å². The van der Waals surface area contributed by atoms with Crippen molar-refractivity contribution in [1.82, 2.24) is 5.32 Å². The number of aliphatic hydroxyl groups is 1. The van der Waals surface area contributed by atoms with E-state index in [4.69, 9.17) is 9.79 Å². The van der Waals surface area contributed by atoms with Crippen molar-refractivity contribution in [3.05, 3.63) is 12.2 Å². The number of hydrogen-bond donors (Lipinski definition) is 4. The molecule has 0 heterocycles. The highest BCUT2D eigenvalue weighted by Gasteiger charge is 2.24. The Hall–Kier alpha value is -0.720. The largest absolute Gasteiger partial charge is 0.469 e. The molecule has 0 aromatic rings. The van der Waals surface area contributed by atoms with Gasteiger partial charge in [0.25, 0.3) is 0 Å². The van der Waals surface area contributed by atoms with Crippen molar-refractivity contribution in [2.24, 2.45) is 0 Å². The van der Waals surface area contributed by atoms with Crippen LogP contribution in [0.2, 0.25) is 0 Å². The van der Waals surface area contributed by atoms with Gasteiger partial charge in [0.05, 0.1) is 18.8 Å². The van der Waals surface area contributed by atoms with Gasteiger partial charge in [0.1, 0.15) is 0 Å². The lowest BCUT2D eigenvalue weighted by atomic mass is 10.0.